The summed E-state index contributed by atoms with van der Waals surface area (Å²) in [5.41, 5.74) is 7.30. The van der Waals surface area contributed by atoms with Gasteiger partial charge in [-0.25, -0.2) is 4.98 Å². The second-order valence-electron chi connectivity index (χ2n) is 3.56. The van der Waals surface area contributed by atoms with E-state index in [9.17, 15) is 0 Å². The summed E-state index contributed by atoms with van der Waals surface area (Å²) >= 11 is 5.91. The van der Waals surface area contributed by atoms with Crippen molar-refractivity contribution >= 4 is 22.6 Å². The molecule has 0 spiro atoms. The molecular formula is C11H14ClN3O. The molecule has 1 heterocycles. The summed E-state index contributed by atoms with van der Waals surface area (Å²) in [6, 6.07) is 5.66. The van der Waals surface area contributed by atoms with Crippen molar-refractivity contribution in [2.24, 2.45) is 12.8 Å². The second kappa shape index (κ2) is 4.82. The Hall–Kier alpha value is -1.10. The van der Waals surface area contributed by atoms with E-state index in [1.165, 1.54) is 0 Å². The van der Waals surface area contributed by atoms with Gasteiger partial charge >= 0.3 is 0 Å². The number of halogens is 1. The molecule has 0 unspecified atom stereocenters. The fourth-order valence-electron chi connectivity index (χ4n) is 1.60. The third-order valence-corrected chi connectivity index (χ3v) is 2.66. The lowest BCUT2D eigenvalue weighted by atomic mass is 10.3. The molecule has 0 aliphatic carbocycles. The molecule has 2 rings (SSSR count). The van der Waals surface area contributed by atoms with Crippen molar-refractivity contribution < 1.29 is 4.74 Å². The molecule has 0 bridgehead atoms. The summed E-state index contributed by atoms with van der Waals surface area (Å²) in [6.07, 6.45) is 0. The third-order valence-electron chi connectivity index (χ3n) is 2.43. The van der Waals surface area contributed by atoms with Crippen LogP contribution in [-0.2, 0) is 18.4 Å². The lowest BCUT2D eigenvalue weighted by Gasteiger charge is -2.02. The van der Waals surface area contributed by atoms with Gasteiger partial charge in [0.15, 0.2) is 0 Å². The first-order valence-electron chi connectivity index (χ1n) is 5.11. The van der Waals surface area contributed by atoms with Crippen LogP contribution in [0.4, 0.5) is 0 Å². The van der Waals surface area contributed by atoms with E-state index in [0.29, 0.717) is 24.8 Å². The van der Waals surface area contributed by atoms with Gasteiger partial charge in [-0.15, -0.1) is 0 Å². The van der Waals surface area contributed by atoms with E-state index in [2.05, 4.69) is 4.98 Å². The van der Waals surface area contributed by atoms with E-state index >= 15 is 0 Å². The second-order valence-corrected chi connectivity index (χ2v) is 4.00. The van der Waals surface area contributed by atoms with Crippen molar-refractivity contribution in [1.29, 1.82) is 0 Å². The van der Waals surface area contributed by atoms with Crippen molar-refractivity contribution in [3.63, 3.8) is 0 Å². The lowest BCUT2D eigenvalue weighted by molar-refractivity contribution is 0.121. The van der Waals surface area contributed by atoms with Crippen molar-refractivity contribution in [1.82, 2.24) is 9.55 Å². The molecule has 0 radical (unpaired) electrons. The van der Waals surface area contributed by atoms with Crippen molar-refractivity contribution in [3.05, 3.63) is 29.0 Å². The number of hydrogen-bond acceptors (Lipinski definition) is 3. The average molecular weight is 240 g/mol. The van der Waals surface area contributed by atoms with Crippen LogP contribution in [0.15, 0.2) is 18.2 Å². The van der Waals surface area contributed by atoms with E-state index in [1.807, 2.05) is 29.8 Å². The molecule has 0 aliphatic rings. The van der Waals surface area contributed by atoms with Crippen LogP contribution in [0.3, 0.4) is 0 Å². The van der Waals surface area contributed by atoms with Gasteiger partial charge in [-0.3, -0.25) is 0 Å². The predicted molar refractivity (Wildman–Crippen MR) is 64.4 cm³/mol. The molecule has 16 heavy (non-hydrogen) atoms. The fraction of sp³-hybridized carbons (Fsp3) is 0.364. The highest BCUT2D eigenvalue weighted by molar-refractivity contribution is 6.31. The fourth-order valence-corrected chi connectivity index (χ4v) is 1.77. The summed E-state index contributed by atoms with van der Waals surface area (Å²) in [5.74, 6) is 0.880. The van der Waals surface area contributed by atoms with Crippen LogP contribution in [-0.4, -0.2) is 22.7 Å². The zero-order valence-electron chi connectivity index (χ0n) is 9.11. The lowest BCUT2D eigenvalue weighted by Crippen LogP contribution is -2.10. The number of benzene rings is 1. The first-order valence-corrected chi connectivity index (χ1v) is 5.49. The molecule has 2 aromatic rings. The van der Waals surface area contributed by atoms with Crippen LogP contribution < -0.4 is 5.73 Å². The number of nitrogens with zero attached hydrogens (tertiary/aromatic N) is 2. The number of imidazole rings is 1. The van der Waals surface area contributed by atoms with Gasteiger partial charge in [0.2, 0.25) is 0 Å². The van der Waals surface area contributed by atoms with Crippen molar-refractivity contribution in [2.75, 3.05) is 13.2 Å². The number of nitrogens with two attached hydrogens (primary N) is 1. The Bertz CT molecular complexity index is 495. The molecular weight excluding hydrogens is 226 g/mol. The van der Waals surface area contributed by atoms with Gasteiger partial charge in [-0.2, -0.15) is 0 Å². The Labute approximate surface area is 99.0 Å². The first kappa shape index (κ1) is 11.4. The van der Waals surface area contributed by atoms with Gasteiger partial charge < -0.3 is 15.0 Å². The Morgan fingerprint density at radius 2 is 2.31 bits per heavy atom. The molecule has 0 saturated heterocycles. The quantitative estimate of drug-likeness (QED) is 0.827. The smallest absolute Gasteiger partial charge is 0.135 e. The predicted octanol–water partition coefficient (Wildman–Crippen LogP) is 1.70. The van der Waals surface area contributed by atoms with Crippen LogP contribution in [0.5, 0.6) is 0 Å². The van der Waals surface area contributed by atoms with Crippen LogP contribution in [0, 0.1) is 0 Å². The Morgan fingerprint density at radius 1 is 1.50 bits per heavy atom. The standard InChI is InChI=1S/C11H14ClN3O/c1-15-10-3-2-8(12)6-9(10)14-11(15)7-16-5-4-13/h2-3,6H,4-5,7,13H2,1H3. The largest absolute Gasteiger partial charge is 0.372 e. The summed E-state index contributed by atoms with van der Waals surface area (Å²) in [7, 11) is 1.96. The molecule has 1 aromatic heterocycles. The number of aryl methyl sites for hydroxylation is 1. The molecule has 0 fully saturated rings. The monoisotopic (exact) mass is 239 g/mol. The van der Waals surface area contributed by atoms with Crippen molar-refractivity contribution in [3.8, 4) is 0 Å². The van der Waals surface area contributed by atoms with Crippen molar-refractivity contribution in [2.45, 2.75) is 6.61 Å². The highest BCUT2D eigenvalue weighted by atomic mass is 35.5. The normalized spacial score (nSPS) is 11.2. The minimum atomic E-state index is 0.472. The van der Waals surface area contributed by atoms with E-state index in [0.717, 1.165) is 16.9 Å². The minimum absolute atomic E-state index is 0.472. The summed E-state index contributed by atoms with van der Waals surface area (Å²) in [5, 5.41) is 0.694. The molecule has 0 saturated carbocycles. The van der Waals surface area contributed by atoms with Gasteiger partial charge in [-0.05, 0) is 18.2 Å². The minimum Gasteiger partial charge on any atom is -0.372 e. The van der Waals surface area contributed by atoms with Gasteiger partial charge in [-0.1, -0.05) is 11.6 Å². The number of hydrogen-bond donors (Lipinski definition) is 1. The maximum Gasteiger partial charge on any atom is 0.135 e. The topological polar surface area (TPSA) is 53.1 Å². The Kier molecular flexibility index (Phi) is 3.43. The van der Waals surface area contributed by atoms with Gasteiger partial charge in [0, 0.05) is 18.6 Å². The molecule has 5 heteroatoms. The molecule has 2 N–H and O–H groups in total. The third kappa shape index (κ3) is 2.19. The van der Waals surface area contributed by atoms with Crippen LogP contribution in [0.1, 0.15) is 5.82 Å². The van der Waals surface area contributed by atoms with Gasteiger partial charge in [0.1, 0.15) is 12.4 Å². The number of ether oxygens (including phenoxy) is 1. The molecule has 1 aromatic carbocycles. The van der Waals surface area contributed by atoms with E-state index in [4.69, 9.17) is 22.1 Å². The maximum absolute atomic E-state index is 5.91. The maximum atomic E-state index is 5.91. The SMILES string of the molecule is Cn1c(COCCN)nc2cc(Cl)ccc21. The molecule has 0 atom stereocenters. The van der Waals surface area contributed by atoms with Crippen LogP contribution >= 0.6 is 11.6 Å². The zero-order valence-corrected chi connectivity index (χ0v) is 9.87. The number of fused-ring (bicyclic) bond motifs is 1. The summed E-state index contributed by atoms with van der Waals surface area (Å²) < 4.78 is 7.37. The molecule has 0 amide bonds. The first-order chi connectivity index (χ1) is 7.72. The number of rotatable bonds is 4. The molecule has 4 nitrogen and oxygen atoms in total. The highest BCUT2D eigenvalue weighted by Crippen LogP contribution is 2.19. The van der Waals surface area contributed by atoms with Crippen LogP contribution in [0.25, 0.3) is 11.0 Å². The summed E-state index contributed by atoms with van der Waals surface area (Å²) in [4.78, 5) is 4.46. The molecule has 0 aliphatic heterocycles. The molecule has 86 valence electrons. The average Bonchev–Trinajstić information content (AvgIpc) is 2.56. The Morgan fingerprint density at radius 3 is 3.06 bits per heavy atom. The van der Waals surface area contributed by atoms with Gasteiger partial charge in [0.25, 0.3) is 0 Å². The van der Waals surface area contributed by atoms with E-state index in [-0.39, 0.29) is 0 Å². The zero-order chi connectivity index (χ0) is 11.5. The van der Waals surface area contributed by atoms with Crippen LogP contribution in [0.2, 0.25) is 5.02 Å². The highest BCUT2D eigenvalue weighted by Gasteiger charge is 2.07. The Balaban J connectivity index is 2.29. The number of aromatic nitrogens is 2. The van der Waals surface area contributed by atoms with E-state index < -0.39 is 0 Å². The van der Waals surface area contributed by atoms with Gasteiger partial charge in [0.05, 0.1) is 17.6 Å². The summed E-state index contributed by atoms with van der Waals surface area (Å²) in [6.45, 7) is 1.54. The van der Waals surface area contributed by atoms with E-state index in [1.54, 1.807) is 0 Å².